The first-order valence-corrected chi connectivity index (χ1v) is 8.42. The van der Waals surface area contributed by atoms with Crippen molar-refractivity contribution in [2.75, 3.05) is 52.5 Å². The van der Waals surface area contributed by atoms with Crippen molar-refractivity contribution < 1.29 is 4.74 Å². The molecule has 0 aromatic rings. The van der Waals surface area contributed by atoms with Crippen molar-refractivity contribution in [3.8, 4) is 0 Å². The number of hydrogen-bond acceptors (Lipinski definition) is 3. The van der Waals surface area contributed by atoms with Gasteiger partial charge in [-0.25, -0.2) is 0 Å². The average Bonchev–Trinajstić information content (AvgIpc) is 3.11. The third kappa shape index (κ3) is 4.17. The molecule has 3 fully saturated rings. The highest BCUT2D eigenvalue weighted by Crippen LogP contribution is 2.23. The summed E-state index contributed by atoms with van der Waals surface area (Å²) < 4.78 is 5.48. The van der Waals surface area contributed by atoms with Gasteiger partial charge in [-0.05, 0) is 83.1 Å². The number of piperidine rings is 1. The minimum Gasteiger partial charge on any atom is -0.381 e. The van der Waals surface area contributed by atoms with Gasteiger partial charge in [0, 0.05) is 13.2 Å². The first-order valence-electron chi connectivity index (χ1n) is 8.42. The number of ether oxygens (including phenoxy) is 1. The van der Waals surface area contributed by atoms with Gasteiger partial charge in [-0.2, -0.15) is 0 Å². The van der Waals surface area contributed by atoms with E-state index in [1.54, 1.807) is 0 Å². The van der Waals surface area contributed by atoms with Crippen molar-refractivity contribution in [1.29, 1.82) is 0 Å². The van der Waals surface area contributed by atoms with Crippen LogP contribution in [0.3, 0.4) is 0 Å². The number of likely N-dealkylation sites (tertiary alicyclic amines) is 2. The van der Waals surface area contributed by atoms with Crippen LogP contribution in [0.4, 0.5) is 0 Å². The molecule has 3 heterocycles. The van der Waals surface area contributed by atoms with Crippen LogP contribution in [-0.2, 0) is 4.74 Å². The minimum absolute atomic E-state index is 0.821. The Labute approximate surface area is 118 Å². The van der Waals surface area contributed by atoms with Crippen LogP contribution in [0.2, 0.25) is 0 Å². The molecule has 3 aliphatic rings. The molecule has 0 amide bonds. The van der Waals surface area contributed by atoms with E-state index in [9.17, 15) is 0 Å². The predicted octanol–water partition coefficient (Wildman–Crippen LogP) is 2.22. The maximum Gasteiger partial charge on any atom is 0.0507 e. The molecule has 110 valence electrons. The molecule has 3 nitrogen and oxygen atoms in total. The molecule has 1 atom stereocenters. The normalized spacial score (nSPS) is 31.3. The molecule has 0 aromatic carbocycles. The second kappa shape index (κ2) is 7.05. The van der Waals surface area contributed by atoms with Crippen molar-refractivity contribution in [2.24, 2.45) is 11.8 Å². The lowest BCUT2D eigenvalue weighted by molar-refractivity contribution is 0.134. The zero-order valence-electron chi connectivity index (χ0n) is 12.4. The van der Waals surface area contributed by atoms with E-state index in [1.807, 2.05) is 0 Å². The monoisotopic (exact) mass is 266 g/mol. The second-order valence-corrected chi connectivity index (χ2v) is 6.81. The van der Waals surface area contributed by atoms with E-state index in [0.29, 0.717) is 0 Å². The van der Waals surface area contributed by atoms with Crippen LogP contribution in [0, 0.1) is 11.8 Å². The predicted molar refractivity (Wildman–Crippen MR) is 78.4 cm³/mol. The maximum atomic E-state index is 5.48. The van der Waals surface area contributed by atoms with Crippen LogP contribution in [0.25, 0.3) is 0 Å². The molecular weight excluding hydrogens is 236 g/mol. The fraction of sp³-hybridized carbons (Fsp3) is 1.00. The Hall–Kier alpha value is -0.120. The molecule has 0 saturated carbocycles. The Balaban J connectivity index is 1.30. The third-order valence-corrected chi connectivity index (χ3v) is 5.30. The summed E-state index contributed by atoms with van der Waals surface area (Å²) in [6.45, 7) is 10.1. The van der Waals surface area contributed by atoms with Gasteiger partial charge >= 0.3 is 0 Å². The van der Waals surface area contributed by atoms with Crippen LogP contribution in [-0.4, -0.2) is 62.3 Å². The van der Waals surface area contributed by atoms with Gasteiger partial charge in [-0.15, -0.1) is 0 Å². The van der Waals surface area contributed by atoms with Gasteiger partial charge in [-0.3, -0.25) is 0 Å². The summed E-state index contributed by atoms with van der Waals surface area (Å²) in [5.74, 6) is 1.82. The molecule has 19 heavy (non-hydrogen) atoms. The van der Waals surface area contributed by atoms with E-state index < -0.39 is 0 Å². The maximum absolute atomic E-state index is 5.48. The Morgan fingerprint density at radius 2 is 1.63 bits per heavy atom. The lowest BCUT2D eigenvalue weighted by Crippen LogP contribution is -2.38. The SMILES string of the molecule is C1CCN(CCC2CCN(CC3CCOC3)CC2)C1. The minimum atomic E-state index is 0.821. The fourth-order valence-corrected chi connectivity index (χ4v) is 3.92. The molecule has 3 heteroatoms. The van der Waals surface area contributed by atoms with Gasteiger partial charge in [0.05, 0.1) is 6.61 Å². The Bertz CT molecular complexity index is 251. The Kier molecular flexibility index (Phi) is 5.14. The van der Waals surface area contributed by atoms with E-state index in [1.165, 1.54) is 77.8 Å². The highest BCUT2D eigenvalue weighted by Gasteiger charge is 2.24. The molecule has 0 bridgehead atoms. The standard InChI is InChI=1S/C16H30N2O/c1-2-8-17(7-1)9-3-15-4-10-18(11-5-15)13-16-6-12-19-14-16/h15-16H,1-14H2. The number of nitrogens with zero attached hydrogens (tertiary/aromatic N) is 2. The van der Waals surface area contributed by atoms with Crippen LogP contribution in [0.15, 0.2) is 0 Å². The molecular formula is C16H30N2O. The van der Waals surface area contributed by atoms with E-state index in [-0.39, 0.29) is 0 Å². The van der Waals surface area contributed by atoms with Crippen LogP contribution in [0.1, 0.15) is 38.5 Å². The fourth-order valence-electron chi connectivity index (χ4n) is 3.92. The van der Waals surface area contributed by atoms with E-state index in [4.69, 9.17) is 4.74 Å². The van der Waals surface area contributed by atoms with Crippen LogP contribution >= 0.6 is 0 Å². The Morgan fingerprint density at radius 3 is 2.32 bits per heavy atom. The second-order valence-electron chi connectivity index (χ2n) is 6.81. The number of rotatable bonds is 5. The van der Waals surface area contributed by atoms with E-state index in [2.05, 4.69) is 9.80 Å². The third-order valence-electron chi connectivity index (χ3n) is 5.30. The van der Waals surface area contributed by atoms with Crippen LogP contribution in [0.5, 0.6) is 0 Å². The van der Waals surface area contributed by atoms with Crippen LogP contribution < -0.4 is 0 Å². The van der Waals surface area contributed by atoms with Gasteiger partial charge < -0.3 is 14.5 Å². The molecule has 0 N–H and O–H groups in total. The van der Waals surface area contributed by atoms with Crippen molar-refractivity contribution in [3.63, 3.8) is 0 Å². The summed E-state index contributed by atoms with van der Waals surface area (Å²) >= 11 is 0. The van der Waals surface area contributed by atoms with E-state index in [0.717, 1.165) is 25.0 Å². The highest BCUT2D eigenvalue weighted by molar-refractivity contribution is 4.77. The van der Waals surface area contributed by atoms with E-state index >= 15 is 0 Å². The molecule has 1 unspecified atom stereocenters. The Morgan fingerprint density at radius 1 is 0.842 bits per heavy atom. The van der Waals surface area contributed by atoms with Crippen molar-refractivity contribution in [2.45, 2.75) is 38.5 Å². The van der Waals surface area contributed by atoms with Gasteiger partial charge in [0.1, 0.15) is 0 Å². The first-order chi connectivity index (χ1) is 9.40. The van der Waals surface area contributed by atoms with Gasteiger partial charge in [0.15, 0.2) is 0 Å². The molecule has 0 aliphatic carbocycles. The quantitative estimate of drug-likeness (QED) is 0.759. The molecule has 0 aromatic heterocycles. The molecule has 3 aliphatic heterocycles. The summed E-state index contributed by atoms with van der Waals surface area (Å²) in [6.07, 6.45) is 8.46. The summed E-state index contributed by atoms with van der Waals surface area (Å²) in [4.78, 5) is 5.36. The molecule has 0 radical (unpaired) electrons. The smallest absolute Gasteiger partial charge is 0.0507 e. The topological polar surface area (TPSA) is 15.7 Å². The van der Waals surface area contributed by atoms with Crippen molar-refractivity contribution >= 4 is 0 Å². The van der Waals surface area contributed by atoms with Gasteiger partial charge in [-0.1, -0.05) is 0 Å². The molecule has 0 spiro atoms. The average molecular weight is 266 g/mol. The molecule has 3 saturated heterocycles. The summed E-state index contributed by atoms with van der Waals surface area (Å²) in [5, 5.41) is 0. The lowest BCUT2D eigenvalue weighted by Gasteiger charge is -2.33. The van der Waals surface area contributed by atoms with Crippen molar-refractivity contribution in [3.05, 3.63) is 0 Å². The number of hydrogen-bond donors (Lipinski definition) is 0. The first kappa shape index (κ1) is 13.8. The zero-order valence-corrected chi connectivity index (χ0v) is 12.4. The van der Waals surface area contributed by atoms with Gasteiger partial charge in [0.25, 0.3) is 0 Å². The lowest BCUT2D eigenvalue weighted by atomic mass is 9.92. The van der Waals surface area contributed by atoms with Gasteiger partial charge in [0.2, 0.25) is 0 Å². The summed E-state index contributed by atoms with van der Waals surface area (Å²) in [5.41, 5.74) is 0. The zero-order chi connectivity index (χ0) is 12.9. The highest BCUT2D eigenvalue weighted by atomic mass is 16.5. The van der Waals surface area contributed by atoms with Crippen molar-refractivity contribution in [1.82, 2.24) is 9.80 Å². The summed E-state index contributed by atoms with van der Waals surface area (Å²) in [7, 11) is 0. The largest absolute Gasteiger partial charge is 0.381 e. The molecule has 3 rings (SSSR count). The summed E-state index contributed by atoms with van der Waals surface area (Å²) in [6, 6.07) is 0.